The Morgan fingerprint density at radius 3 is 2.70 bits per heavy atom. The number of aliphatic hydroxyl groups is 1. The van der Waals surface area contributed by atoms with Crippen LogP contribution in [-0.2, 0) is 9.53 Å². The maximum absolute atomic E-state index is 13.3. The van der Waals surface area contributed by atoms with Crippen LogP contribution in [0.5, 0.6) is 0 Å². The number of hydrogen-bond acceptors (Lipinski definition) is 4. The summed E-state index contributed by atoms with van der Waals surface area (Å²) in [5.41, 5.74) is 0.197. The Bertz CT molecular complexity index is 703. The van der Waals surface area contributed by atoms with E-state index in [9.17, 15) is 19.1 Å². The highest BCUT2D eigenvalue weighted by atomic mass is 19.1. The number of nitrogens with zero attached hydrogens (tertiary/aromatic N) is 1. The number of halogens is 1. The van der Waals surface area contributed by atoms with E-state index in [0.29, 0.717) is 0 Å². The third-order valence-corrected chi connectivity index (χ3v) is 4.93. The summed E-state index contributed by atoms with van der Waals surface area (Å²) < 4.78 is 19.1. The number of carbonyl (C=O) groups excluding carboxylic acids is 2. The van der Waals surface area contributed by atoms with Gasteiger partial charge < -0.3 is 20.1 Å². The van der Waals surface area contributed by atoms with E-state index in [0.717, 1.165) is 38.4 Å². The molecule has 1 aromatic rings. The summed E-state index contributed by atoms with van der Waals surface area (Å²) in [5, 5.41) is 12.4. The van der Waals surface area contributed by atoms with Crippen molar-refractivity contribution >= 4 is 11.8 Å². The number of benzene rings is 1. The molecule has 2 amide bonds. The van der Waals surface area contributed by atoms with Crippen LogP contribution in [0, 0.1) is 5.82 Å². The SMILES string of the molecule is O=C(N[C@@H]1C=C[C@H](CC(=O)N2CCCCC2)O[C@H]1CO)c1cccc(F)c1. The Morgan fingerprint density at radius 2 is 2.00 bits per heavy atom. The van der Waals surface area contributed by atoms with E-state index in [1.54, 1.807) is 12.2 Å². The number of ether oxygens (including phenoxy) is 1. The van der Waals surface area contributed by atoms with E-state index in [-0.39, 0.29) is 24.5 Å². The van der Waals surface area contributed by atoms with Crippen LogP contribution in [-0.4, -0.2) is 59.8 Å². The summed E-state index contributed by atoms with van der Waals surface area (Å²) in [5.74, 6) is -0.898. The van der Waals surface area contributed by atoms with Gasteiger partial charge in [-0.2, -0.15) is 0 Å². The van der Waals surface area contributed by atoms with Gasteiger partial charge in [-0.05, 0) is 37.5 Å². The van der Waals surface area contributed by atoms with Crippen molar-refractivity contribution in [2.24, 2.45) is 0 Å². The van der Waals surface area contributed by atoms with Gasteiger partial charge in [0.15, 0.2) is 0 Å². The lowest BCUT2D eigenvalue weighted by molar-refractivity contribution is -0.136. The summed E-state index contributed by atoms with van der Waals surface area (Å²) in [6.45, 7) is 1.27. The Kier molecular flexibility index (Phi) is 6.58. The molecule has 0 unspecified atom stereocenters. The normalized spacial score (nSPS) is 25.3. The van der Waals surface area contributed by atoms with E-state index in [1.807, 2.05) is 4.90 Å². The molecular weight excluding hydrogens is 351 g/mol. The van der Waals surface area contributed by atoms with Crippen molar-refractivity contribution in [3.63, 3.8) is 0 Å². The van der Waals surface area contributed by atoms with Crippen LogP contribution in [0.4, 0.5) is 4.39 Å². The van der Waals surface area contributed by atoms with Gasteiger partial charge in [-0.1, -0.05) is 18.2 Å². The summed E-state index contributed by atoms with van der Waals surface area (Å²) in [6, 6.07) is 4.84. The molecule has 1 fully saturated rings. The van der Waals surface area contributed by atoms with Crippen LogP contribution in [0.25, 0.3) is 0 Å². The Balaban J connectivity index is 1.59. The minimum Gasteiger partial charge on any atom is -0.394 e. The van der Waals surface area contributed by atoms with Gasteiger partial charge >= 0.3 is 0 Å². The molecule has 7 heteroatoms. The number of piperidine rings is 1. The molecule has 2 N–H and O–H groups in total. The van der Waals surface area contributed by atoms with E-state index >= 15 is 0 Å². The summed E-state index contributed by atoms with van der Waals surface area (Å²) in [7, 11) is 0. The van der Waals surface area contributed by atoms with Gasteiger partial charge in [-0.15, -0.1) is 0 Å². The molecule has 0 saturated carbocycles. The molecule has 146 valence electrons. The van der Waals surface area contributed by atoms with E-state index in [2.05, 4.69) is 5.32 Å². The molecule has 2 heterocycles. The molecular formula is C20H25FN2O4. The van der Waals surface area contributed by atoms with Crippen molar-refractivity contribution in [3.8, 4) is 0 Å². The van der Waals surface area contributed by atoms with Crippen LogP contribution >= 0.6 is 0 Å². The number of amides is 2. The molecule has 0 aliphatic carbocycles. The molecule has 0 bridgehead atoms. The van der Waals surface area contributed by atoms with Crippen LogP contribution in [0.15, 0.2) is 36.4 Å². The van der Waals surface area contributed by atoms with Gasteiger partial charge in [0.25, 0.3) is 5.91 Å². The minimum absolute atomic E-state index is 0.0447. The van der Waals surface area contributed by atoms with Gasteiger partial charge in [0, 0.05) is 18.7 Å². The molecule has 6 nitrogen and oxygen atoms in total. The molecule has 2 aliphatic heterocycles. The van der Waals surface area contributed by atoms with E-state index in [4.69, 9.17) is 4.74 Å². The van der Waals surface area contributed by atoms with Gasteiger partial charge in [-0.3, -0.25) is 9.59 Å². The molecule has 2 aliphatic rings. The highest BCUT2D eigenvalue weighted by Crippen LogP contribution is 2.19. The first kappa shape index (κ1) is 19.5. The van der Waals surface area contributed by atoms with Crippen molar-refractivity contribution in [1.82, 2.24) is 10.2 Å². The number of rotatable bonds is 5. The average Bonchev–Trinajstić information content (AvgIpc) is 2.69. The number of aliphatic hydroxyl groups excluding tert-OH is 1. The average molecular weight is 376 g/mol. The predicted molar refractivity (Wildman–Crippen MR) is 97.6 cm³/mol. The molecule has 1 aromatic carbocycles. The second kappa shape index (κ2) is 9.10. The second-order valence-electron chi connectivity index (χ2n) is 6.94. The number of nitrogens with one attached hydrogen (secondary N) is 1. The molecule has 0 spiro atoms. The van der Waals surface area contributed by atoms with Crippen LogP contribution in [0.2, 0.25) is 0 Å². The summed E-state index contributed by atoms with van der Waals surface area (Å²) in [6.07, 6.45) is 5.81. The van der Waals surface area contributed by atoms with E-state index in [1.165, 1.54) is 18.2 Å². The predicted octanol–water partition coefficient (Wildman–Crippen LogP) is 1.64. The van der Waals surface area contributed by atoms with Crippen molar-refractivity contribution in [2.45, 2.75) is 43.9 Å². The largest absolute Gasteiger partial charge is 0.394 e. The first-order valence-corrected chi connectivity index (χ1v) is 9.35. The topological polar surface area (TPSA) is 78.9 Å². The monoisotopic (exact) mass is 376 g/mol. The summed E-state index contributed by atoms with van der Waals surface area (Å²) >= 11 is 0. The lowest BCUT2D eigenvalue weighted by Crippen LogP contribution is -2.49. The first-order chi connectivity index (χ1) is 13.1. The lowest BCUT2D eigenvalue weighted by Gasteiger charge is -2.33. The molecule has 0 radical (unpaired) electrons. The smallest absolute Gasteiger partial charge is 0.251 e. The quantitative estimate of drug-likeness (QED) is 0.766. The zero-order chi connectivity index (χ0) is 19.2. The van der Waals surface area contributed by atoms with Gasteiger partial charge in [0.05, 0.1) is 25.2 Å². The number of hydrogen-bond donors (Lipinski definition) is 2. The maximum atomic E-state index is 13.3. The number of carbonyl (C=O) groups is 2. The van der Waals surface area contributed by atoms with E-state index < -0.39 is 30.0 Å². The summed E-state index contributed by atoms with van der Waals surface area (Å²) in [4.78, 5) is 26.5. The highest BCUT2D eigenvalue weighted by molar-refractivity contribution is 5.94. The standard InChI is InChI=1S/C20H25FN2O4/c21-15-6-4-5-14(11-15)20(26)22-17-8-7-16(27-18(17)13-24)12-19(25)23-9-2-1-3-10-23/h4-8,11,16-18,24H,1-3,9-10,12-13H2,(H,22,26)/t16-,17-,18+/m1/s1. The van der Waals surface area contributed by atoms with Crippen LogP contribution in [0.1, 0.15) is 36.0 Å². The second-order valence-corrected chi connectivity index (χ2v) is 6.94. The van der Waals surface area contributed by atoms with Crippen molar-refractivity contribution < 1.29 is 23.8 Å². The lowest BCUT2D eigenvalue weighted by atomic mass is 10.0. The fourth-order valence-electron chi connectivity index (χ4n) is 3.44. The van der Waals surface area contributed by atoms with Gasteiger partial charge in [0.2, 0.25) is 5.91 Å². The third-order valence-electron chi connectivity index (χ3n) is 4.93. The highest BCUT2D eigenvalue weighted by Gasteiger charge is 2.30. The van der Waals surface area contributed by atoms with Crippen molar-refractivity contribution in [3.05, 3.63) is 47.8 Å². The van der Waals surface area contributed by atoms with Gasteiger partial charge in [0.1, 0.15) is 11.9 Å². The van der Waals surface area contributed by atoms with Crippen LogP contribution < -0.4 is 5.32 Å². The maximum Gasteiger partial charge on any atom is 0.251 e. The van der Waals surface area contributed by atoms with Gasteiger partial charge in [-0.25, -0.2) is 4.39 Å². The Morgan fingerprint density at radius 1 is 1.22 bits per heavy atom. The Hall–Kier alpha value is -2.25. The Labute approximate surface area is 158 Å². The molecule has 0 aromatic heterocycles. The fourth-order valence-corrected chi connectivity index (χ4v) is 3.44. The molecule has 3 rings (SSSR count). The first-order valence-electron chi connectivity index (χ1n) is 9.35. The number of likely N-dealkylation sites (tertiary alicyclic amines) is 1. The van der Waals surface area contributed by atoms with Crippen molar-refractivity contribution in [2.75, 3.05) is 19.7 Å². The van der Waals surface area contributed by atoms with Crippen LogP contribution in [0.3, 0.4) is 0 Å². The molecule has 3 atom stereocenters. The molecule has 27 heavy (non-hydrogen) atoms. The third kappa shape index (κ3) is 5.14. The molecule has 1 saturated heterocycles. The fraction of sp³-hybridized carbons (Fsp3) is 0.500. The van der Waals surface area contributed by atoms with Crippen molar-refractivity contribution in [1.29, 1.82) is 0 Å². The zero-order valence-electron chi connectivity index (χ0n) is 15.1. The zero-order valence-corrected chi connectivity index (χ0v) is 15.1. The minimum atomic E-state index is -0.660.